The molecule has 0 aromatic carbocycles. The predicted molar refractivity (Wildman–Crippen MR) is 34.5 cm³/mol. The van der Waals surface area contributed by atoms with E-state index in [1.807, 2.05) is 37.0 Å². The standard InChI is InChI=1S/C5H5B.CH4/c1-2-4-6-5-3-1;/h1-5H;1H4. The van der Waals surface area contributed by atoms with Crippen molar-refractivity contribution in [2.45, 2.75) is 7.43 Å². The zero-order valence-electron chi connectivity index (χ0n) is 3.46. The van der Waals surface area contributed by atoms with E-state index < -0.39 is 0 Å². The van der Waals surface area contributed by atoms with Crippen LogP contribution in [0.5, 0.6) is 0 Å². The predicted octanol–water partition coefficient (Wildman–Crippen LogP) is 1.66. The van der Waals surface area contributed by atoms with Gasteiger partial charge in [-0.05, 0) is 0 Å². The van der Waals surface area contributed by atoms with E-state index in [9.17, 15) is 0 Å². The molecule has 1 rings (SSSR count). The molecule has 0 aliphatic rings. The minimum atomic E-state index is 0. The van der Waals surface area contributed by atoms with Crippen molar-refractivity contribution in [2.75, 3.05) is 0 Å². The maximum absolute atomic E-state index is 2.00. The van der Waals surface area contributed by atoms with Crippen LogP contribution >= 0.6 is 0 Å². The summed E-state index contributed by atoms with van der Waals surface area (Å²) < 4.78 is 0. The van der Waals surface area contributed by atoms with Crippen LogP contribution in [0.3, 0.4) is 0 Å². The van der Waals surface area contributed by atoms with Gasteiger partial charge in [-0.3, -0.25) is 0 Å². The van der Waals surface area contributed by atoms with Crippen molar-refractivity contribution < 1.29 is 0 Å². The van der Waals surface area contributed by atoms with E-state index in [1.165, 1.54) is 0 Å². The first-order chi connectivity index (χ1) is 3.00. The Kier molecular flexibility index (Phi) is 3.30. The molecule has 0 N–H and O–H groups in total. The molecule has 0 saturated heterocycles. The van der Waals surface area contributed by atoms with Gasteiger partial charge in [-0.2, -0.15) is 0 Å². The van der Waals surface area contributed by atoms with Crippen LogP contribution in [-0.4, -0.2) is 6.91 Å². The van der Waals surface area contributed by atoms with Crippen LogP contribution in [0.4, 0.5) is 0 Å². The molecule has 0 atom stereocenters. The summed E-state index contributed by atoms with van der Waals surface area (Å²) >= 11 is 0. The third-order valence-electron chi connectivity index (χ3n) is 0.667. The average molecular weight is 91.9 g/mol. The normalized spacial score (nSPS) is 6.29. The molecule has 0 bridgehead atoms. The van der Waals surface area contributed by atoms with Crippen molar-refractivity contribution in [3.63, 3.8) is 0 Å². The molecule has 0 amide bonds. The summed E-state index contributed by atoms with van der Waals surface area (Å²) in [6.07, 6.45) is 0. The second kappa shape index (κ2) is 3.60. The fraction of sp³-hybridized carbons (Fsp3) is 0.167. The summed E-state index contributed by atoms with van der Waals surface area (Å²) in [7, 11) is 0. The molecule has 1 heterocycles. The molecule has 0 saturated carbocycles. The molecule has 0 aliphatic heterocycles. The summed E-state index contributed by atoms with van der Waals surface area (Å²) in [4.78, 5) is 0. The van der Waals surface area contributed by atoms with E-state index in [1.54, 1.807) is 0 Å². The molecular formula is C6H9B. The zero-order chi connectivity index (χ0) is 4.24. The van der Waals surface area contributed by atoms with Gasteiger partial charge < -0.3 is 0 Å². The maximum atomic E-state index is 2.00. The Hall–Kier alpha value is -0.585. The molecule has 0 nitrogen and oxygen atoms in total. The molecule has 1 aromatic rings. The van der Waals surface area contributed by atoms with Crippen molar-refractivity contribution in [3.8, 4) is 0 Å². The molecule has 0 radical (unpaired) electrons. The van der Waals surface area contributed by atoms with Crippen molar-refractivity contribution in [2.24, 2.45) is 0 Å². The van der Waals surface area contributed by atoms with Gasteiger partial charge in [-0.25, -0.2) is 0 Å². The zero-order valence-corrected chi connectivity index (χ0v) is 3.46. The van der Waals surface area contributed by atoms with Crippen LogP contribution in [0.25, 0.3) is 0 Å². The summed E-state index contributed by atoms with van der Waals surface area (Å²) in [6.45, 7) is 2.00. The van der Waals surface area contributed by atoms with Crippen molar-refractivity contribution >= 4 is 6.91 Å². The molecule has 7 heavy (non-hydrogen) atoms. The Morgan fingerprint density at radius 3 is 1.57 bits per heavy atom. The average Bonchev–Trinajstić information content (AvgIpc) is 1.72. The molecule has 0 fully saturated rings. The summed E-state index contributed by atoms with van der Waals surface area (Å²) in [5.41, 5.74) is 0. The number of hydrogen-bond donors (Lipinski definition) is 0. The third-order valence-corrected chi connectivity index (χ3v) is 0.667. The number of rotatable bonds is 0. The van der Waals surface area contributed by atoms with E-state index in [0.717, 1.165) is 0 Å². The third kappa shape index (κ3) is 2.15. The molecule has 36 valence electrons. The van der Waals surface area contributed by atoms with E-state index in [2.05, 4.69) is 0 Å². The first-order valence-electron chi connectivity index (χ1n) is 2.00. The van der Waals surface area contributed by atoms with Gasteiger partial charge in [0, 0.05) is 0 Å². The SMILES string of the molecule is C.b1ccccc1. The summed E-state index contributed by atoms with van der Waals surface area (Å²) in [5.74, 6) is 4.00. The van der Waals surface area contributed by atoms with Gasteiger partial charge in [0.15, 0.2) is 0 Å². The van der Waals surface area contributed by atoms with Crippen LogP contribution in [0.1, 0.15) is 7.43 Å². The van der Waals surface area contributed by atoms with E-state index in [-0.39, 0.29) is 7.43 Å². The first kappa shape index (κ1) is 6.41. The van der Waals surface area contributed by atoms with Gasteiger partial charge in [0.1, 0.15) is 0 Å². The quantitative estimate of drug-likeness (QED) is 0.456. The van der Waals surface area contributed by atoms with Crippen LogP contribution in [0.15, 0.2) is 30.1 Å². The Balaban J connectivity index is 0.000000360. The van der Waals surface area contributed by atoms with Crippen LogP contribution in [0, 0.1) is 0 Å². The first-order valence-corrected chi connectivity index (χ1v) is 2.00. The Bertz CT molecular complexity index is 76.1. The fourth-order valence-corrected chi connectivity index (χ4v) is 0.385. The van der Waals surface area contributed by atoms with Gasteiger partial charge in [0.05, 0.1) is 0 Å². The van der Waals surface area contributed by atoms with E-state index in [0.29, 0.717) is 0 Å². The van der Waals surface area contributed by atoms with Crippen molar-refractivity contribution in [1.82, 2.24) is 0 Å². The summed E-state index contributed by atoms with van der Waals surface area (Å²) in [6, 6.07) is 6.00. The van der Waals surface area contributed by atoms with Crippen molar-refractivity contribution in [3.05, 3.63) is 30.1 Å². The minimum absolute atomic E-state index is 0. The monoisotopic (exact) mass is 92.1 g/mol. The Labute approximate surface area is 45.4 Å². The van der Waals surface area contributed by atoms with Crippen LogP contribution in [0.2, 0.25) is 0 Å². The Morgan fingerprint density at radius 2 is 1.43 bits per heavy atom. The molecule has 0 unspecified atom stereocenters. The van der Waals surface area contributed by atoms with Gasteiger partial charge in [-0.15, -0.1) is 0 Å². The van der Waals surface area contributed by atoms with Crippen LogP contribution < -0.4 is 0 Å². The van der Waals surface area contributed by atoms with Crippen molar-refractivity contribution in [1.29, 1.82) is 0 Å². The van der Waals surface area contributed by atoms with Gasteiger partial charge in [-0.1, -0.05) is 7.43 Å². The van der Waals surface area contributed by atoms with Gasteiger partial charge >= 0.3 is 37.0 Å². The second-order valence-electron chi connectivity index (χ2n) is 1.15. The molecule has 1 aromatic heterocycles. The van der Waals surface area contributed by atoms with Gasteiger partial charge in [0.2, 0.25) is 0 Å². The fourth-order valence-electron chi connectivity index (χ4n) is 0.385. The van der Waals surface area contributed by atoms with Crippen LogP contribution in [-0.2, 0) is 0 Å². The second-order valence-corrected chi connectivity index (χ2v) is 1.15. The molecule has 0 aliphatic carbocycles. The van der Waals surface area contributed by atoms with E-state index >= 15 is 0 Å². The molecule has 1 heteroatoms. The molecular weight excluding hydrogens is 82.9 g/mol. The molecule has 0 spiro atoms. The number of hydrogen-bond acceptors (Lipinski definition) is 0. The Morgan fingerprint density at radius 1 is 0.857 bits per heavy atom. The van der Waals surface area contributed by atoms with Gasteiger partial charge in [0.25, 0.3) is 0 Å². The van der Waals surface area contributed by atoms with E-state index in [4.69, 9.17) is 0 Å². The topological polar surface area (TPSA) is 0 Å². The summed E-state index contributed by atoms with van der Waals surface area (Å²) in [5, 5.41) is 0.